The minimum absolute atomic E-state index is 0.897. The molecule has 2 saturated heterocycles. The van der Waals surface area contributed by atoms with Gasteiger partial charge >= 0.3 is 0 Å². The smallest absolute Gasteiger partial charge is 0.0795 e. The van der Waals surface area contributed by atoms with E-state index in [9.17, 15) is 0 Å². The zero-order valence-corrected chi connectivity index (χ0v) is 8.96. The molecule has 76 valence electrons. The lowest BCUT2D eigenvalue weighted by Crippen LogP contribution is -2.25. The normalized spacial score (nSPS) is 32.3. The zero-order valence-electron chi connectivity index (χ0n) is 8.15. The SMILES string of the molecule is c1nc(CN2CC3CNCC3C2)cs1. The first kappa shape index (κ1) is 8.83. The standard InChI is InChI=1S/C10H15N3S/c1-8-3-13(4-9(8)2-11-1)5-10-6-14-7-12-10/h6-9,11H,1-5H2. The fourth-order valence-corrected chi connectivity index (χ4v) is 3.18. The van der Waals surface area contributed by atoms with Crippen LogP contribution < -0.4 is 5.32 Å². The first-order valence-electron chi connectivity index (χ1n) is 5.22. The van der Waals surface area contributed by atoms with Gasteiger partial charge < -0.3 is 5.32 Å². The molecule has 0 aliphatic carbocycles. The van der Waals surface area contributed by atoms with Crippen LogP contribution >= 0.6 is 11.3 Å². The lowest BCUT2D eigenvalue weighted by atomic mass is 10.0. The Bertz CT molecular complexity index is 286. The Morgan fingerprint density at radius 1 is 1.43 bits per heavy atom. The molecule has 2 aliphatic heterocycles. The quantitative estimate of drug-likeness (QED) is 0.780. The molecule has 1 aromatic rings. The second kappa shape index (κ2) is 3.61. The minimum atomic E-state index is 0.897. The Labute approximate surface area is 88.1 Å². The van der Waals surface area contributed by atoms with Gasteiger partial charge in [-0.2, -0.15) is 0 Å². The van der Waals surface area contributed by atoms with E-state index in [0.29, 0.717) is 0 Å². The molecule has 0 radical (unpaired) electrons. The van der Waals surface area contributed by atoms with Gasteiger partial charge in [0.1, 0.15) is 0 Å². The van der Waals surface area contributed by atoms with Crippen LogP contribution in [0.4, 0.5) is 0 Å². The van der Waals surface area contributed by atoms with Crippen molar-refractivity contribution in [1.82, 2.24) is 15.2 Å². The molecule has 1 N–H and O–H groups in total. The van der Waals surface area contributed by atoms with Crippen molar-refractivity contribution in [2.75, 3.05) is 26.2 Å². The average molecular weight is 209 g/mol. The van der Waals surface area contributed by atoms with Gasteiger partial charge in [0, 0.05) is 25.0 Å². The van der Waals surface area contributed by atoms with Crippen molar-refractivity contribution in [1.29, 1.82) is 0 Å². The molecule has 1 aromatic heterocycles. The molecule has 14 heavy (non-hydrogen) atoms. The molecule has 3 nitrogen and oxygen atoms in total. The number of fused-ring (bicyclic) bond motifs is 1. The van der Waals surface area contributed by atoms with Gasteiger partial charge in [0.2, 0.25) is 0 Å². The van der Waals surface area contributed by atoms with E-state index in [0.717, 1.165) is 18.4 Å². The molecule has 0 bridgehead atoms. The summed E-state index contributed by atoms with van der Waals surface area (Å²) in [6.45, 7) is 6.01. The van der Waals surface area contributed by atoms with Gasteiger partial charge in [0.05, 0.1) is 11.2 Å². The summed E-state index contributed by atoms with van der Waals surface area (Å²) in [6, 6.07) is 0. The Kier molecular flexibility index (Phi) is 2.27. The number of nitrogens with one attached hydrogen (secondary N) is 1. The van der Waals surface area contributed by atoms with E-state index in [2.05, 4.69) is 20.6 Å². The fraction of sp³-hybridized carbons (Fsp3) is 0.700. The molecule has 3 heterocycles. The third kappa shape index (κ3) is 1.58. The number of rotatable bonds is 2. The highest BCUT2D eigenvalue weighted by molar-refractivity contribution is 7.07. The summed E-state index contributed by atoms with van der Waals surface area (Å²) in [4.78, 5) is 6.88. The molecule has 0 aromatic carbocycles. The van der Waals surface area contributed by atoms with Crippen molar-refractivity contribution in [3.05, 3.63) is 16.6 Å². The van der Waals surface area contributed by atoms with Crippen LogP contribution in [0.15, 0.2) is 10.9 Å². The number of thiazole rings is 1. The Hall–Kier alpha value is -0.450. The number of hydrogen-bond acceptors (Lipinski definition) is 4. The number of aromatic nitrogens is 1. The molecule has 0 saturated carbocycles. The van der Waals surface area contributed by atoms with Crippen molar-refractivity contribution < 1.29 is 0 Å². The van der Waals surface area contributed by atoms with E-state index in [1.165, 1.54) is 31.9 Å². The molecule has 0 spiro atoms. The van der Waals surface area contributed by atoms with E-state index >= 15 is 0 Å². The number of likely N-dealkylation sites (tertiary alicyclic amines) is 1. The van der Waals surface area contributed by atoms with E-state index in [1.807, 2.05) is 5.51 Å². The highest BCUT2D eigenvalue weighted by Crippen LogP contribution is 2.27. The molecule has 3 rings (SSSR count). The summed E-state index contributed by atoms with van der Waals surface area (Å²) >= 11 is 1.69. The summed E-state index contributed by atoms with van der Waals surface area (Å²) < 4.78 is 0. The summed E-state index contributed by atoms with van der Waals surface area (Å²) in [5.41, 5.74) is 3.16. The highest BCUT2D eigenvalue weighted by Gasteiger charge is 2.35. The van der Waals surface area contributed by atoms with Crippen molar-refractivity contribution >= 4 is 11.3 Å². The van der Waals surface area contributed by atoms with Gasteiger partial charge in [0.15, 0.2) is 0 Å². The van der Waals surface area contributed by atoms with E-state index in [1.54, 1.807) is 11.3 Å². The molecular formula is C10H15N3S. The molecule has 0 amide bonds. The molecule has 2 atom stereocenters. The second-order valence-electron chi connectivity index (χ2n) is 4.35. The third-order valence-corrected chi connectivity index (χ3v) is 3.97. The second-order valence-corrected chi connectivity index (χ2v) is 5.07. The van der Waals surface area contributed by atoms with Crippen LogP contribution in [0.2, 0.25) is 0 Å². The number of nitrogens with zero attached hydrogens (tertiary/aromatic N) is 2. The summed E-state index contributed by atoms with van der Waals surface area (Å²) in [6.07, 6.45) is 0. The maximum Gasteiger partial charge on any atom is 0.0795 e. The predicted molar refractivity (Wildman–Crippen MR) is 57.2 cm³/mol. The number of hydrogen-bond donors (Lipinski definition) is 1. The van der Waals surface area contributed by atoms with Gasteiger partial charge in [-0.25, -0.2) is 4.98 Å². The van der Waals surface area contributed by atoms with Crippen LogP contribution in [0.5, 0.6) is 0 Å². The maximum absolute atomic E-state index is 4.33. The van der Waals surface area contributed by atoms with E-state index < -0.39 is 0 Å². The minimum Gasteiger partial charge on any atom is -0.316 e. The zero-order chi connectivity index (χ0) is 9.38. The van der Waals surface area contributed by atoms with Gasteiger partial charge in [-0.05, 0) is 24.9 Å². The van der Waals surface area contributed by atoms with Crippen LogP contribution in [-0.4, -0.2) is 36.1 Å². The van der Waals surface area contributed by atoms with Crippen molar-refractivity contribution in [3.8, 4) is 0 Å². The van der Waals surface area contributed by atoms with Crippen LogP contribution in [0.25, 0.3) is 0 Å². The van der Waals surface area contributed by atoms with E-state index in [-0.39, 0.29) is 0 Å². The first-order chi connectivity index (χ1) is 6.92. The van der Waals surface area contributed by atoms with Crippen LogP contribution in [-0.2, 0) is 6.54 Å². The molecule has 2 aliphatic rings. The lowest BCUT2D eigenvalue weighted by Gasteiger charge is -2.14. The fourth-order valence-electron chi connectivity index (χ4n) is 2.63. The van der Waals surface area contributed by atoms with Crippen molar-refractivity contribution in [3.63, 3.8) is 0 Å². The summed E-state index contributed by atoms with van der Waals surface area (Å²) in [5, 5.41) is 5.62. The molecule has 4 heteroatoms. The third-order valence-electron chi connectivity index (χ3n) is 3.33. The van der Waals surface area contributed by atoms with Crippen LogP contribution in [0, 0.1) is 11.8 Å². The molecule has 2 unspecified atom stereocenters. The first-order valence-corrected chi connectivity index (χ1v) is 6.16. The van der Waals surface area contributed by atoms with Gasteiger partial charge in [-0.15, -0.1) is 11.3 Å². The maximum atomic E-state index is 4.33. The summed E-state index contributed by atoms with van der Waals surface area (Å²) in [7, 11) is 0. The predicted octanol–water partition coefficient (Wildman–Crippen LogP) is 0.794. The van der Waals surface area contributed by atoms with Crippen molar-refractivity contribution in [2.24, 2.45) is 11.8 Å². The Morgan fingerprint density at radius 2 is 2.21 bits per heavy atom. The van der Waals surface area contributed by atoms with Crippen molar-refractivity contribution in [2.45, 2.75) is 6.54 Å². The topological polar surface area (TPSA) is 28.2 Å². The largest absolute Gasteiger partial charge is 0.316 e. The monoisotopic (exact) mass is 209 g/mol. The highest BCUT2D eigenvalue weighted by atomic mass is 32.1. The summed E-state index contributed by atoms with van der Waals surface area (Å²) in [5.74, 6) is 1.79. The van der Waals surface area contributed by atoms with Crippen LogP contribution in [0.1, 0.15) is 5.69 Å². The Balaban J connectivity index is 1.61. The molecular weight excluding hydrogens is 194 g/mol. The van der Waals surface area contributed by atoms with Gasteiger partial charge in [-0.1, -0.05) is 0 Å². The lowest BCUT2D eigenvalue weighted by molar-refractivity contribution is 0.302. The van der Waals surface area contributed by atoms with Crippen LogP contribution in [0.3, 0.4) is 0 Å². The average Bonchev–Trinajstić information content (AvgIpc) is 2.78. The van der Waals surface area contributed by atoms with Gasteiger partial charge in [0.25, 0.3) is 0 Å². The van der Waals surface area contributed by atoms with E-state index in [4.69, 9.17) is 0 Å². The molecule has 2 fully saturated rings. The van der Waals surface area contributed by atoms with Gasteiger partial charge in [-0.3, -0.25) is 4.90 Å². The Morgan fingerprint density at radius 3 is 2.86 bits per heavy atom.